The molecule has 44 heavy (non-hydrogen) atoms. The van der Waals surface area contributed by atoms with Gasteiger partial charge in [-0.1, -0.05) is 83.8 Å². The molecule has 1 aliphatic carbocycles. The summed E-state index contributed by atoms with van der Waals surface area (Å²) in [5.74, 6) is -1.24. The van der Waals surface area contributed by atoms with Gasteiger partial charge in [0.1, 0.15) is 0 Å². The normalized spacial score (nSPS) is 18.1. The molecule has 2 rings (SSSR count). The maximum absolute atomic E-state index is 12.3. The SMILES string of the molecule is CCC(=O)OC(CC)OC(=O)[C@@H](C)c1ccc(C[C@H]2CCC[C@@H]2O)cc1.CCC(=O)OC(Cl)CC.CCC(=O)OC(I)CC. The van der Waals surface area contributed by atoms with E-state index < -0.39 is 23.7 Å². The molecule has 1 fully saturated rings. The van der Waals surface area contributed by atoms with Gasteiger partial charge in [-0.3, -0.25) is 19.2 Å². The molecule has 1 N–H and O–H groups in total. The number of halogens is 2. The third kappa shape index (κ3) is 18.1. The lowest BCUT2D eigenvalue weighted by molar-refractivity contribution is -0.189. The molecule has 0 spiro atoms. The Kier molecular flexibility index (Phi) is 23.3. The number of aliphatic hydroxyl groups excluding tert-OH is 1. The molecule has 0 radical (unpaired) electrons. The molecule has 0 aliphatic heterocycles. The topological polar surface area (TPSA) is 125 Å². The largest absolute Gasteiger partial charge is 0.452 e. The molecule has 1 saturated carbocycles. The fourth-order valence-corrected chi connectivity index (χ4v) is 4.29. The summed E-state index contributed by atoms with van der Waals surface area (Å²) in [7, 11) is 0. The minimum atomic E-state index is -0.833. The van der Waals surface area contributed by atoms with E-state index in [-0.39, 0.29) is 34.5 Å². The van der Waals surface area contributed by atoms with Crippen molar-refractivity contribution in [3.8, 4) is 0 Å². The van der Waals surface area contributed by atoms with E-state index >= 15 is 0 Å². The van der Waals surface area contributed by atoms with Crippen LogP contribution in [0.15, 0.2) is 24.3 Å². The first kappa shape index (κ1) is 42.1. The van der Waals surface area contributed by atoms with Crippen LogP contribution in [0.4, 0.5) is 0 Å². The summed E-state index contributed by atoms with van der Waals surface area (Å²) in [6.45, 7) is 12.7. The van der Waals surface area contributed by atoms with Gasteiger partial charge in [0.05, 0.1) is 12.0 Å². The number of carbonyl (C=O) groups is 4. The lowest BCUT2D eigenvalue weighted by atomic mass is 9.93. The Bertz CT molecular complexity index is 949. The summed E-state index contributed by atoms with van der Waals surface area (Å²) in [5.41, 5.74) is 1.59. The van der Waals surface area contributed by atoms with Crippen molar-refractivity contribution in [2.75, 3.05) is 0 Å². The number of esters is 4. The van der Waals surface area contributed by atoms with Crippen molar-refractivity contribution in [1.82, 2.24) is 0 Å². The molecular formula is C33H52ClIO9. The van der Waals surface area contributed by atoms with Crippen molar-refractivity contribution in [2.24, 2.45) is 5.92 Å². The summed E-state index contributed by atoms with van der Waals surface area (Å²) in [4.78, 5) is 44.7. The first-order chi connectivity index (χ1) is 20.8. The lowest BCUT2D eigenvalue weighted by Gasteiger charge is -2.19. The number of carbonyl (C=O) groups excluding carboxylic acids is 4. The Morgan fingerprint density at radius 1 is 0.818 bits per heavy atom. The standard InChI is InChI=1S/C21H30O5.C6H11ClO2.C6H11IO2/c1-4-19(23)25-20(5-2)26-21(24)14(3)16-11-9-15(10-12-16)13-17-7-6-8-18(17)22;2*1-3-5(7)9-6(8)4-2/h9-12,14,17-18,20,22H,4-8,13H2,1-3H3;2*5H,3-4H2,1-2H3/t14-,17+,18-,20?;;/m0../s1. The van der Waals surface area contributed by atoms with Gasteiger partial charge in [-0.05, 0) is 78.7 Å². The van der Waals surface area contributed by atoms with E-state index in [2.05, 4.69) is 27.3 Å². The average molecular weight is 755 g/mol. The van der Waals surface area contributed by atoms with Gasteiger partial charge in [0.15, 0.2) is 9.67 Å². The zero-order valence-electron chi connectivity index (χ0n) is 27.3. The molecule has 6 atom stereocenters. The van der Waals surface area contributed by atoms with Crippen LogP contribution in [0.5, 0.6) is 0 Å². The molecule has 0 bridgehead atoms. The van der Waals surface area contributed by atoms with E-state index in [1.807, 2.05) is 38.1 Å². The zero-order chi connectivity index (χ0) is 33.7. The van der Waals surface area contributed by atoms with Crippen molar-refractivity contribution >= 4 is 58.1 Å². The summed E-state index contributed by atoms with van der Waals surface area (Å²) >= 11 is 7.60. The molecule has 1 aliphatic rings. The molecule has 252 valence electrons. The van der Waals surface area contributed by atoms with Gasteiger partial charge in [-0.25, -0.2) is 0 Å². The van der Waals surface area contributed by atoms with E-state index in [1.165, 1.54) is 5.56 Å². The van der Waals surface area contributed by atoms with E-state index in [9.17, 15) is 24.3 Å². The van der Waals surface area contributed by atoms with Crippen LogP contribution >= 0.6 is 34.2 Å². The van der Waals surface area contributed by atoms with Gasteiger partial charge in [0, 0.05) is 25.7 Å². The van der Waals surface area contributed by atoms with Crippen molar-refractivity contribution in [3.63, 3.8) is 0 Å². The quantitative estimate of drug-likeness (QED) is 0.0667. The molecule has 3 unspecified atom stereocenters. The predicted molar refractivity (Wildman–Crippen MR) is 179 cm³/mol. The lowest BCUT2D eigenvalue weighted by Crippen LogP contribution is -2.26. The second kappa shape index (κ2) is 24.3. The Hall–Kier alpha value is -1.92. The smallest absolute Gasteiger partial charge is 0.316 e. The van der Waals surface area contributed by atoms with E-state index in [0.717, 1.165) is 37.7 Å². The van der Waals surface area contributed by atoms with Crippen LogP contribution in [0, 0.1) is 5.92 Å². The van der Waals surface area contributed by atoms with Gasteiger partial charge >= 0.3 is 23.9 Å². The molecule has 1 aromatic rings. The van der Waals surface area contributed by atoms with Crippen molar-refractivity contribution in [2.45, 2.75) is 141 Å². The third-order valence-corrected chi connectivity index (χ3v) is 8.35. The van der Waals surface area contributed by atoms with Crippen LogP contribution in [0.25, 0.3) is 0 Å². The minimum Gasteiger partial charge on any atom is -0.452 e. The van der Waals surface area contributed by atoms with Gasteiger partial charge in [0.25, 0.3) is 0 Å². The fourth-order valence-electron chi connectivity index (χ4n) is 3.91. The first-order valence-corrected chi connectivity index (χ1v) is 17.4. The fraction of sp³-hybridized carbons (Fsp3) is 0.697. The molecular weight excluding hydrogens is 703 g/mol. The molecule has 0 aromatic heterocycles. The predicted octanol–water partition coefficient (Wildman–Crippen LogP) is 7.75. The number of benzene rings is 1. The molecule has 0 saturated heterocycles. The molecule has 9 nitrogen and oxygen atoms in total. The second-order valence-electron chi connectivity index (χ2n) is 10.4. The summed E-state index contributed by atoms with van der Waals surface area (Å²) in [6, 6.07) is 7.89. The van der Waals surface area contributed by atoms with Gasteiger partial charge in [-0.15, -0.1) is 0 Å². The van der Waals surface area contributed by atoms with E-state index in [0.29, 0.717) is 31.6 Å². The third-order valence-electron chi connectivity index (χ3n) is 6.82. The Morgan fingerprint density at radius 2 is 1.36 bits per heavy atom. The molecule has 1 aromatic carbocycles. The number of hydrogen-bond donors (Lipinski definition) is 1. The highest BCUT2D eigenvalue weighted by molar-refractivity contribution is 14.1. The van der Waals surface area contributed by atoms with Crippen molar-refractivity contribution in [1.29, 1.82) is 0 Å². The van der Waals surface area contributed by atoms with Crippen molar-refractivity contribution < 1.29 is 43.2 Å². The minimum absolute atomic E-state index is 0.0510. The van der Waals surface area contributed by atoms with Crippen LogP contribution in [-0.4, -0.2) is 51.1 Å². The average Bonchev–Trinajstić information content (AvgIpc) is 3.44. The van der Waals surface area contributed by atoms with Gasteiger partial charge in [0.2, 0.25) is 6.29 Å². The highest BCUT2D eigenvalue weighted by Crippen LogP contribution is 2.29. The Labute approximate surface area is 282 Å². The van der Waals surface area contributed by atoms with Crippen molar-refractivity contribution in [3.05, 3.63) is 35.4 Å². The van der Waals surface area contributed by atoms with E-state index in [1.54, 1.807) is 34.6 Å². The van der Waals surface area contributed by atoms with Crippen LogP contribution in [0.1, 0.15) is 123 Å². The number of alkyl halides is 2. The number of ether oxygens (including phenoxy) is 4. The maximum Gasteiger partial charge on any atom is 0.316 e. The molecule has 0 amide bonds. The number of hydrogen-bond acceptors (Lipinski definition) is 9. The van der Waals surface area contributed by atoms with Gasteiger partial charge in [-0.2, -0.15) is 0 Å². The number of aliphatic hydroxyl groups is 1. The first-order valence-electron chi connectivity index (χ1n) is 15.7. The van der Waals surface area contributed by atoms with Crippen LogP contribution in [0.2, 0.25) is 0 Å². The molecule has 11 heteroatoms. The second-order valence-corrected chi connectivity index (χ2v) is 12.2. The van der Waals surface area contributed by atoms with Gasteiger partial charge < -0.3 is 24.1 Å². The summed E-state index contributed by atoms with van der Waals surface area (Å²) < 4.78 is 20.1. The zero-order valence-corrected chi connectivity index (χ0v) is 30.2. The summed E-state index contributed by atoms with van der Waals surface area (Å²) in [5, 5.41) is 9.96. The van der Waals surface area contributed by atoms with Crippen LogP contribution in [-0.2, 0) is 44.5 Å². The highest BCUT2D eigenvalue weighted by Gasteiger charge is 2.26. The summed E-state index contributed by atoms with van der Waals surface area (Å²) in [6.07, 6.45) is 5.98. The van der Waals surface area contributed by atoms with Crippen LogP contribution < -0.4 is 0 Å². The number of rotatable bonds is 14. The van der Waals surface area contributed by atoms with E-state index in [4.69, 9.17) is 25.8 Å². The molecule has 0 heterocycles. The highest BCUT2D eigenvalue weighted by atomic mass is 127. The monoisotopic (exact) mass is 754 g/mol. The van der Waals surface area contributed by atoms with Crippen LogP contribution in [0.3, 0.4) is 0 Å². The Morgan fingerprint density at radius 3 is 1.82 bits per heavy atom. The Balaban J connectivity index is 0.000000842. The maximum atomic E-state index is 12.3.